The number of nitrogens with zero attached hydrogens (tertiary/aromatic N) is 6. The van der Waals surface area contributed by atoms with Gasteiger partial charge in [-0.1, -0.05) is 29.8 Å². The van der Waals surface area contributed by atoms with Crippen molar-refractivity contribution < 1.29 is 9.47 Å². The van der Waals surface area contributed by atoms with Crippen LogP contribution in [0.2, 0.25) is 5.02 Å². The van der Waals surface area contributed by atoms with Crippen LogP contribution in [0.15, 0.2) is 55.0 Å². The Morgan fingerprint density at radius 1 is 1.00 bits per heavy atom. The number of fused-ring (bicyclic) bond motifs is 1. The molecule has 1 fully saturated rings. The summed E-state index contributed by atoms with van der Waals surface area (Å²) in [6.07, 6.45) is 9.65. The van der Waals surface area contributed by atoms with E-state index in [0.29, 0.717) is 22.8 Å². The van der Waals surface area contributed by atoms with Crippen LogP contribution in [0.5, 0.6) is 5.75 Å². The number of aromatic nitrogens is 4. The maximum Gasteiger partial charge on any atom is 0.229 e. The summed E-state index contributed by atoms with van der Waals surface area (Å²) in [6.45, 7) is 6.23. The van der Waals surface area contributed by atoms with E-state index < -0.39 is 0 Å². The van der Waals surface area contributed by atoms with Crippen molar-refractivity contribution in [2.75, 3.05) is 64.2 Å². The first-order chi connectivity index (χ1) is 21.5. The lowest BCUT2D eigenvalue weighted by Gasteiger charge is -2.39. The van der Waals surface area contributed by atoms with Gasteiger partial charge >= 0.3 is 0 Å². The van der Waals surface area contributed by atoms with Crippen molar-refractivity contribution in [3.8, 4) is 17.1 Å². The van der Waals surface area contributed by atoms with Gasteiger partial charge in [-0.3, -0.25) is 9.80 Å². The molecule has 1 unspecified atom stereocenters. The van der Waals surface area contributed by atoms with Gasteiger partial charge in [0.1, 0.15) is 16.6 Å². The summed E-state index contributed by atoms with van der Waals surface area (Å²) < 4.78 is 13.3. The first-order valence-corrected chi connectivity index (χ1v) is 15.7. The summed E-state index contributed by atoms with van der Waals surface area (Å²) >= 11 is 6.56. The Hall–Kier alpha value is -3.70. The fourth-order valence-electron chi connectivity index (χ4n) is 6.40. The maximum absolute atomic E-state index is 6.56. The van der Waals surface area contributed by atoms with E-state index in [1.807, 2.05) is 42.1 Å². The zero-order chi connectivity index (χ0) is 30.5. The number of hydrogen-bond acceptors (Lipinski definition) is 9. The number of hydrogen-bond donors (Lipinski definition) is 2. The lowest BCUT2D eigenvalue weighted by atomic mass is 9.98. The molecule has 1 atom stereocenters. The highest BCUT2D eigenvalue weighted by Gasteiger charge is 2.28. The monoisotopic (exact) mass is 616 g/mol. The van der Waals surface area contributed by atoms with Gasteiger partial charge < -0.3 is 24.7 Å². The van der Waals surface area contributed by atoms with Gasteiger partial charge in [-0.2, -0.15) is 4.98 Å². The van der Waals surface area contributed by atoms with Crippen molar-refractivity contribution in [1.82, 2.24) is 29.3 Å². The van der Waals surface area contributed by atoms with Crippen LogP contribution in [0.1, 0.15) is 24.0 Å². The zero-order valence-electron chi connectivity index (χ0n) is 25.7. The lowest BCUT2D eigenvalue weighted by molar-refractivity contribution is 0.0720. The highest BCUT2D eigenvalue weighted by molar-refractivity contribution is 6.33. The number of para-hydroxylation sites is 1. The van der Waals surface area contributed by atoms with Gasteiger partial charge in [0.25, 0.3) is 0 Å². The van der Waals surface area contributed by atoms with Crippen LogP contribution in [0.3, 0.4) is 0 Å². The van der Waals surface area contributed by atoms with E-state index in [0.717, 1.165) is 87.1 Å². The third-order valence-corrected chi connectivity index (χ3v) is 9.03. The number of anilines is 4. The molecular weight excluding hydrogens is 576 g/mol. The number of methoxy groups -OCH3 is 2. The summed E-state index contributed by atoms with van der Waals surface area (Å²) in [5, 5.41) is 7.22. The predicted molar refractivity (Wildman–Crippen MR) is 176 cm³/mol. The van der Waals surface area contributed by atoms with Gasteiger partial charge in [-0.25, -0.2) is 9.97 Å². The number of benzene rings is 2. The van der Waals surface area contributed by atoms with Gasteiger partial charge in [0.05, 0.1) is 31.3 Å². The van der Waals surface area contributed by atoms with Crippen molar-refractivity contribution in [3.05, 3.63) is 71.1 Å². The highest BCUT2D eigenvalue weighted by atomic mass is 35.5. The SMILES string of the molecule is COCCN1CCN(C2CCCc3c(ccc(Nc4ncc(Cl)c(Nc5ccccc5-c5nccn5C)n4)c3OC)C2)CC1. The molecule has 1 aliphatic heterocycles. The minimum atomic E-state index is 0.421. The van der Waals surface area contributed by atoms with Crippen LogP contribution in [0, 0.1) is 0 Å². The predicted octanol–water partition coefficient (Wildman–Crippen LogP) is 5.54. The summed E-state index contributed by atoms with van der Waals surface area (Å²) in [7, 11) is 5.49. The van der Waals surface area contributed by atoms with Gasteiger partial charge in [0.15, 0.2) is 5.82 Å². The molecule has 10 nitrogen and oxygen atoms in total. The van der Waals surface area contributed by atoms with E-state index in [4.69, 9.17) is 26.1 Å². The van der Waals surface area contributed by atoms with Gasteiger partial charge in [0.2, 0.25) is 5.95 Å². The molecule has 6 rings (SSSR count). The molecule has 11 heteroatoms. The molecule has 1 aliphatic carbocycles. The summed E-state index contributed by atoms with van der Waals surface area (Å²) in [5.74, 6) is 2.64. The summed E-state index contributed by atoms with van der Waals surface area (Å²) in [5.41, 5.74) is 5.28. The van der Waals surface area contributed by atoms with Gasteiger partial charge in [0, 0.05) is 70.9 Å². The minimum absolute atomic E-state index is 0.421. The number of rotatable bonds is 10. The van der Waals surface area contributed by atoms with Crippen LogP contribution in [0.25, 0.3) is 11.4 Å². The Kier molecular flexibility index (Phi) is 9.61. The number of piperazine rings is 1. The Morgan fingerprint density at radius 3 is 2.61 bits per heavy atom. The average molecular weight is 617 g/mol. The van der Waals surface area contributed by atoms with Crippen molar-refractivity contribution in [1.29, 1.82) is 0 Å². The third-order valence-electron chi connectivity index (χ3n) is 8.75. The van der Waals surface area contributed by atoms with E-state index in [2.05, 4.69) is 42.5 Å². The fourth-order valence-corrected chi connectivity index (χ4v) is 6.53. The molecule has 2 N–H and O–H groups in total. The molecule has 232 valence electrons. The molecule has 0 amide bonds. The fraction of sp³-hybridized carbons (Fsp3) is 0.424. The molecule has 0 spiro atoms. The average Bonchev–Trinajstić information content (AvgIpc) is 3.35. The Bertz CT molecular complexity index is 1570. The van der Waals surface area contributed by atoms with E-state index in [1.54, 1.807) is 26.6 Å². The molecule has 0 radical (unpaired) electrons. The van der Waals surface area contributed by atoms with Crippen molar-refractivity contribution in [3.63, 3.8) is 0 Å². The van der Waals surface area contributed by atoms with Crippen LogP contribution >= 0.6 is 11.6 Å². The molecule has 44 heavy (non-hydrogen) atoms. The molecule has 0 bridgehead atoms. The maximum atomic E-state index is 6.56. The largest absolute Gasteiger partial charge is 0.494 e. The van der Waals surface area contributed by atoms with Crippen LogP contribution < -0.4 is 15.4 Å². The summed E-state index contributed by atoms with van der Waals surface area (Å²) in [6, 6.07) is 12.8. The molecule has 4 aromatic rings. The van der Waals surface area contributed by atoms with Crippen molar-refractivity contribution in [2.45, 2.75) is 31.7 Å². The van der Waals surface area contributed by atoms with E-state index >= 15 is 0 Å². The lowest BCUT2D eigenvalue weighted by Crippen LogP contribution is -2.51. The van der Waals surface area contributed by atoms with Crippen molar-refractivity contribution >= 4 is 34.7 Å². The number of aryl methyl sites for hydroxylation is 1. The van der Waals surface area contributed by atoms with Crippen molar-refractivity contribution in [2.24, 2.45) is 7.05 Å². The number of halogens is 1. The Labute approximate surface area is 264 Å². The highest BCUT2D eigenvalue weighted by Crippen LogP contribution is 2.38. The second-order valence-electron chi connectivity index (χ2n) is 11.5. The van der Waals surface area contributed by atoms with Crippen LogP contribution in [-0.2, 0) is 24.6 Å². The van der Waals surface area contributed by atoms with E-state index in [-0.39, 0.29) is 0 Å². The van der Waals surface area contributed by atoms with Crippen LogP contribution in [0.4, 0.5) is 23.1 Å². The molecule has 2 aliphatic rings. The molecule has 2 aromatic carbocycles. The first-order valence-electron chi connectivity index (χ1n) is 15.3. The minimum Gasteiger partial charge on any atom is -0.494 e. The Morgan fingerprint density at radius 2 is 1.84 bits per heavy atom. The molecule has 0 saturated carbocycles. The smallest absolute Gasteiger partial charge is 0.229 e. The topological polar surface area (TPSA) is 92.6 Å². The van der Waals surface area contributed by atoms with E-state index in [9.17, 15) is 0 Å². The summed E-state index contributed by atoms with van der Waals surface area (Å²) in [4.78, 5) is 18.9. The second kappa shape index (κ2) is 13.9. The number of nitrogens with one attached hydrogen (secondary N) is 2. The first kappa shape index (κ1) is 30.3. The van der Waals surface area contributed by atoms with E-state index in [1.165, 1.54) is 17.5 Å². The third kappa shape index (κ3) is 6.68. The van der Waals surface area contributed by atoms with Gasteiger partial charge in [-0.05, 0) is 55.0 Å². The number of ether oxygens (including phenoxy) is 2. The molecular formula is C33H41ClN8O2. The van der Waals surface area contributed by atoms with Crippen LogP contribution in [-0.4, -0.2) is 88.9 Å². The standard InChI is InChI=1S/C33H41ClN8O2/c1-40-14-13-35-32(40)26-8-4-5-10-28(26)37-31-27(34)22-36-33(39-31)38-29-12-11-23-21-24(7-6-9-25(23)30(29)44-3)42-17-15-41(16-18-42)19-20-43-2/h4-5,8,10-14,22,24H,6-7,9,15-21H2,1-3H3,(H2,36,37,38,39). The van der Waals surface area contributed by atoms with Gasteiger partial charge in [-0.15, -0.1) is 0 Å². The molecule has 3 heterocycles. The molecule has 2 aromatic heterocycles. The number of imidazole rings is 1. The quantitative estimate of drug-likeness (QED) is 0.223. The normalized spacial score (nSPS) is 17.6. The second-order valence-corrected chi connectivity index (χ2v) is 11.9. The molecule has 1 saturated heterocycles. The Balaban J connectivity index is 1.19. The zero-order valence-corrected chi connectivity index (χ0v) is 26.5.